The maximum atomic E-state index is 11.8. The molecule has 0 bridgehead atoms. The molecular formula is C12H17NOS. The first kappa shape index (κ1) is 12.0. The number of thiophene rings is 1. The van der Waals surface area contributed by atoms with Crippen LogP contribution in [-0.4, -0.2) is 17.9 Å². The Morgan fingerprint density at radius 3 is 2.87 bits per heavy atom. The monoisotopic (exact) mass is 223 g/mol. The van der Waals surface area contributed by atoms with Gasteiger partial charge < -0.3 is 4.90 Å². The first-order valence-electron chi connectivity index (χ1n) is 5.09. The third kappa shape index (κ3) is 3.51. The van der Waals surface area contributed by atoms with Crippen LogP contribution in [0.5, 0.6) is 0 Å². The Hall–Kier alpha value is -1.09. The summed E-state index contributed by atoms with van der Waals surface area (Å²) in [5, 5.41) is 2.03. The van der Waals surface area contributed by atoms with Gasteiger partial charge in [-0.3, -0.25) is 4.79 Å². The molecule has 0 aromatic carbocycles. The topological polar surface area (TPSA) is 20.3 Å². The molecular weight excluding hydrogens is 206 g/mol. The Morgan fingerprint density at radius 2 is 2.33 bits per heavy atom. The molecule has 0 aliphatic carbocycles. The third-order valence-electron chi connectivity index (χ3n) is 2.17. The van der Waals surface area contributed by atoms with Crippen molar-refractivity contribution in [3.63, 3.8) is 0 Å². The standard InChI is InChI=1S/C12H17NOS/c1-4-6-10(2)12(14)13(3)9-11-7-5-8-15-11/h5-8H,4,9H2,1-3H3/b10-6-. The third-order valence-corrected chi connectivity index (χ3v) is 3.03. The first-order valence-corrected chi connectivity index (χ1v) is 5.97. The number of amides is 1. The van der Waals surface area contributed by atoms with Crippen molar-refractivity contribution < 1.29 is 4.79 Å². The lowest BCUT2D eigenvalue weighted by molar-refractivity contribution is -0.126. The molecule has 0 aliphatic rings. The van der Waals surface area contributed by atoms with Gasteiger partial charge in [0.15, 0.2) is 0 Å². The quantitative estimate of drug-likeness (QED) is 0.718. The van der Waals surface area contributed by atoms with Gasteiger partial charge in [-0.15, -0.1) is 11.3 Å². The van der Waals surface area contributed by atoms with Crippen molar-refractivity contribution in [1.82, 2.24) is 4.90 Å². The van der Waals surface area contributed by atoms with Gasteiger partial charge in [0.25, 0.3) is 0 Å². The molecule has 1 heterocycles. The van der Waals surface area contributed by atoms with Crippen molar-refractivity contribution in [3.8, 4) is 0 Å². The molecule has 3 heteroatoms. The van der Waals surface area contributed by atoms with Crippen molar-refractivity contribution >= 4 is 17.2 Å². The predicted molar refractivity (Wildman–Crippen MR) is 64.8 cm³/mol. The zero-order chi connectivity index (χ0) is 11.3. The van der Waals surface area contributed by atoms with Gasteiger partial charge in [0.2, 0.25) is 5.91 Å². The average Bonchev–Trinajstić information content (AvgIpc) is 2.69. The van der Waals surface area contributed by atoms with Crippen LogP contribution in [0.15, 0.2) is 29.2 Å². The van der Waals surface area contributed by atoms with E-state index in [9.17, 15) is 4.79 Å². The second-order valence-electron chi connectivity index (χ2n) is 3.54. The molecule has 82 valence electrons. The van der Waals surface area contributed by atoms with Gasteiger partial charge in [-0.25, -0.2) is 0 Å². The van der Waals surface area contributed by atoms with Crippen LogP contribution in [0, 0.1) is 0 Å². The molecule has 0 saturated heterocycles. The van der Waals surface area contributed by atoms with Crippen molar-refractivity contribution in [1.29, 1.82) is 0 Å². The molecule has 1 rings (SSSR count). The van der Waals surface area contributed by atoms with E-state index >= 15 is 0 Å². The van der Waals surface area contributed by atoms with E-state index in [1.807, 2.05) is 44.5 Å². The van der Waals surface area contributed by atoms with E-state index in [2.05, 4.69) is 0 Å². The number of rotatable bonds is 4. The zero-order valence-electron chi connectivity index (χ0n) is 9.49. The Kier molecular flexibility index (Phi) is 4.56. The largest absolute Gasteiger partial charge is 0.337 e. The maximum absolute atomic E-state index is 11.8. The summed E-state index contributed by atoms with van der Waals surface area (Å²) in [5.41, 5.74) is 0.830. The Balaban J connectivity index is 2.57. The predicted octanol–water partition coefficient (Wildman–Crippen LogP) is 3.06. The Labute approximate surface area is 95.2 Å². The van der Waals surface area contributed by atoms with Crippen molar-refractivity contribution in [3.05, 3.63) is 34.0 Å². The molecule has 1 aromatic heterocycles. The first-order chi connectivity index (χ1) is 7.15. The highest BCUT2D eigenvalue weighted by Crippen LogP contribution is 2.12. The van der Waals surface area contributed by atoms with Gasteiger partial charge in [0.05, 0.1) is 6.54 Å². The number of nitrogens with zero attached hydrogens (tertiary/aromatic N) is 1. The highest BCUT2D eigenvalue weighted by Gasteiger charge is 2.10. The normalized spacial score (nSPS) is 11.5. The molecule has 0 aliphatic heterocycles. The molecule has 0 fully saturated rings. The second-order valence-corrected chi connectivity index (χ2v) is 4.57. The highest BCUT2D eigenvalue weighted by atomic mass is 32.1. The summed E-state index contributed by atoms with van der Waals surface area (Å²) < 4.78 is 0. The molecule has 0 unspecified atom stereocenters. The van der Waals surface area contributed by atoms with E-state index in [-0.39, 0.29) is 5.91 Å². The molecule has 15 heavy (non-hydrogen) atoms. The zero-order valence-corrected chi connectivity index (χ0v) is 10.3. The van der Waals surface area contributed by atoms with E-state index in [1.54, 1.807) is 16.2 Å². The van der Waals surface area contributed by atoms with Crippen LogP contribution in [0.25, 0.3) is 0 Å². The summed E-state index contributed by atoms with van der Waals surface area (Å²) >= 11 is 1.68. The fraction of sp³-hybridized carbons (Fsp3) is 0.417. The molecule has 1 amide bonds. The summed E-state index contributed by atoms with van der Waals surface area (Å²) in [6, 6.07) is 4.06. The molecule has 0 saturated carbocycles. The van der Waals surface area contributed by atoms with Crippen LogP contribution in [0.1, 0.15) is 25.1 Å². The van der Waals surface area contributed by atoms with Gasteiger partial charge in [-0.05, 0) is 24.8 Å². The van der Waals surface area contributed by atoms with Gasteiger partial charge >= 0.3 is 0 Å². The average molecular weight is 223 g/mol. The number of allylic oxidation sites excluding steroid dienone is 1. The summed E-state index contributed by atoms with van der Waals surface area (Å²) in [4.78, 5) is 14.8. The van der Waals surface area contributed by atoms with Crippen LogP contribution >= 0.6 is 11.3 Å². The number of hydrogen-bond donors (Lipinski definition) is 0. The number of carbonyl (C=O) groups excluding carboxylic acids is 1. The van der Waals surface area contributed by atoms with E-state index < -0.39 is 0 Å². The fourth-order valence-corrected chi connectivity index (χ4v) is 2.16. The van der Waals surface area contributed by atoms with Crippen molar-refractivity contribution in [2.75, 3.05) is 7.05 Å². The van der Waals surface area contributed by atoms with E-state index in [0.29, 0.717) is 6.54 Å². The molecule has 0 spiro atoms. The van der Waals surface area contributed by atoms with Gasteiger partial charge in [-0.2, -0.15) is 0 Å². The molecule has 0 radical (unpaired) electrons. The smallest absolute Gasteiger partial charge is 0.249 e. The summed E-state index contributed by atoms with van der Waals surface area (Å²) in [5.74, 6) is 0.116. The molecule has 0 N–H and O–H groups in total. The lowest BCUT2D eigenvalue weighted by Crippen LogP contribution is -2.26. The number of hydrogen-bond acceptors (Lipinski definition) is 2. The molecule has 0 atom stereocenters. The molecule has 1 aromatic rings. The second kappa shape index (κ2) is 5.71. The van der Waals surface area contributed by atoms with Crippen LogP contribution < -0.4 is 0 Å². The SMILES string of the molecule is CC/C=C(/C)C(=O)N(C)Cc1cccs1. The minimum Gasteiger partial charge on any atom is -0.337 e. The van der Waals surface area contributed by atoms with E-state index in [1.165, 1.54) is 4.88 Å². The maximum Gasteiger partial charge on any atom is 0.249 e. The van der Waals surface area contributed by atoms with Crippen molar-refractivity contribution in [2.45, 2.75) is 26.8 Å². The summed E-state index contributed by atoms with van der Waals surface area (Å²) in [7, 11) is 1.84. The minimum absolute atomic E-state index is 0.116. The summed E-state index contributed by atoms with van der Waals surface area (Å²) in [6.07, 6.45) is 2.87. The van der Waals surface area contributed by atoms with E-state index in [4.69, 9.17) is 0 Å². The van der Waals surface area contributed by atoms with Gasteiger partial charge in [0.1, 0.15) is 0 Å². The highest BCUT2D eigenvalue weighted by molar-refractivity contribution is 7.09. The van der Waals surface area contributed by atoms with Gasteiger partial charge in [-0.1, -0.05) is 19.1 Å². The fourth-order valence-electron chi connectivity index (χ4n) is 1.40. The van der Waals surface area contributed by atoms with Crippen LogP contribution in [0.4, 0.5) is 0 Å². The molecule has 2 nitrogen and oxygen atoms in total. The van der Waals surface area contributed by atoms with Gasteiger partial charge in [0, 0.05) is 17.5 Å². The van der Waals surface area contributed by atoms with Crippen LogP contribution in [-0.2, 0) is 11.3 Å². The Bertz CT molecular complexity index is 341. The van der Waals surface area contributed by atoms with Crippen LogP contribution in [0.3, 0.4) is 0 Å². The lowest BCUT2D eigenvalue weighted by atomic mass is 10.2. The van der Waals surface area contributed by atoms with Crippen LogP contribution in [0.2, 0.25) is 0 Å². The number of likely N-dealkylation sites (N-methyl/N-ethyl adjacent to an activating group) is 1. The van der Waals surface area contributed by atoms with Crippen molar-refractivity contribution in [2.24, 2.45) is 0 Å². The number of carbonyl (C=O) groups is 1. The van der Waals surface area contributed by atoms with E-state index in [0.717, 1.165) is 12.0 Å². The lowest BCUT2D eigenvalue weighted by Gasteiger charge is -2.16. The minimum atomic E-state index is 0.116. The Morgan fingerprint density at radius 1 is 1.60 bits per heavy atom. The summed E-state index contributed by atoms with van der Waals surface area (Å²) in [6.45, 7) is 4.61.